The van der Waals surface area contributed by atoms with E-state index in [1.807, 2.05) is 38.1 Å². The van der Waals surface area contributed by atoms with Crippen LogP contribution >= 0.6 is 0 Å². The van der Waals surface area contributed by atoms with Gasteiger partial charge >= 0.3 is 0 Å². The van der Waals surface area contributed by atoms with Crippen molar-refractivity contribution in [2.45, 2.75) is 32.7 Å². The van der Waals surface area contributed by atoms with E-state index in [2.05, 4.69) is 20.8 Å². The fourth-order valence-electron chi connectivity index (χ4n) is 2.13. The maximum atomic E-state index is 12.2. The van der Waals surface area contributed by atoms with Gasteiger partial charge in [-0.2, -0.15) is 5.10 Å². The number of nitrogens with zero attached hydrogens (tertiary/aromatic N) is 2. The summed E-state index contributed by atoms with van der Waals surface area (Å²) in [5, 5.41) is 22.9. The Morgan fingerprint density at radius 2 is 2.09 bits per heavy atom. The van der Waals surface area contributed by atoms with Gasteiger partial charge in [-0.1, -0.05) is 6.07 Å². The molecular weight excluding hydrogens is 292 g/mol. The minimum Gasteiger partial charge on any atom is -0.396 e. The van der Waals surface area contributed by atoms with Crippen molar-refractivity contribution in [3.05, 3.63) is 47.7 Å². The molecule has 0 saturated carbocycles. The molecule has 1 heterocycles. The molecule has 0 saturated heterocycles. The highest BCUT2D eigenvalue weighted by atomic mass is 16.3. The van der Waals surface area contributed by atoms with Crippen molar-refractivity contribution in [2.24, 2.45) is 0 Å². The second-order valence-electron chi connectivity index (χ2n) is 5.51. The molecule has 2 aromatic rings. The fourth-order valence-corrected chi connectivity index (χ4v) is 2.13. The van der Waals surface area contributed by atoms with Crippen molar-refractivity contribution in [3.63, 3.8) is 0 Å². The Kier molecular flexibility index (Phi) is 6.05. The van der Waals surface area contributed by atoms with Crippen molar-refractivity contribution < 1.29 is 9.90 Å². The Morgan fingerprint density at radius 3 is 2.78 bits per heavy atom. The largest absolute Gasteiger partial charge is 0.396 e. The maximum absolute atomic E-state index is 12.2. The van der Waals surface area contributed by atoms with E-state index in [9.17, 15) is 4.79 Å². The number of hydrogen-bond donors (Lipinski definition) is 3. The van der Waals surface area contributed by atoms with Crippen LogP contribution in [-0.4, -0.2) is 33.9 Å². The summed E-state index contributed by atoms with van der Waals surface area (Å²) >= 11 is 0. The van der Waals surface area contributed by atoms with Gasteiger partial charge in [0.15, 0.2) is 5.82 Å². The Hall–Kier alpha value is -2.47. The molecule has 0 fully saturated rings. The summed E-state index contributed by atoms with van der Waals surface area (Å²) in [5.74, 6) is 0.499. The number of aliphatic hydroxyl groups is 1. The quantitative estimate of drug-likeness (QED) is 0.730. The lowest BCUT2D eigenvalue weighted by atomic mass is 10.1. The van der Waals surface area contributed by atoms with Gasteiger partial charge in [0.2, 0.25) is 0 Å². The van der Waals surface area contributed by atoms with E-state index in [0.29, 0.717) is 17.8 Å². The zero-order valence-electron chi connectivity index (χ0n) is 13.4. The number of benzene rings is 1. The second-order valence-corrected chi connectivity index (χ2v) is 5.51. The highest BCUT2D eigenvalue weighted by molar-refractivity contribution is 5.95. The van der Waals surface area contributed by atoms with E-state index in [4.69, 9.17) is 5.11 Å². The molecule has 1 aromatic carbocycles. The van der Waals surface area contributed by atoms with E-state index < -0.39 is 0 Å². The molecule has 1 atom stereocenters. The van der Waals surface area contributed by atoms with Crippen LogP contribution in [0.3, 0.4) is 0 Å². The summed E-state index contributed by atoms with van der Waals surface area (Å²) in [5.41, 5.74) is 2.20. The van der Waals surface area contributed by atoms with Crippen LogP contribution in [0, 0.1) is 6.92 Å². The van der Waals surface area contributed by atoms with Crippen LogP contribution in [0.4, 0.5) is 11.5 Å². The third kappa shape index (κ3) is 5.34. The van der Waals surface area contributed by atoms with Crippen molar-refractivity contribution >= 4 is 17.4 Å². The third-order valence-electron chi connectivity index (χ3n) is 3.37. The number of carbonyl (C=O) groups excluding carboxylic acids is 1. The number of hydrogen-bond acceptors (Lipinski definition) is 5. The number of aliphatic hydroxyl groups excluding tert-OH is 1. The van der Waals surface area contributed by atoms with E-state index in [1.165, 1.54) is 0 Å². The second kappa shape index (κ2) is 8.24. The van der Waals surface area contributed by atoms with E-state index in [-0.39, 0.29) is 18.6 Å². The Labute approximate surface area is 136 Å². The average Bonchev–Trinajstić information content (AvgIpc) is 2.55. The first-order valence-corrected chi connectivity index (χ1v) is 7.67. The highest BCUT2D eigenvalue weighted by Crippen LogP contribution is 2.16. The van der Waals surface area contributed by atoms with Gasteiger partial charge < -0.3 is 15.7 Å². The van der Waals surface area contributed by atoms with Crippen LogP contribution in [0.2, 0.25) is 0 Å². The van der Waals surface area contributed by atoms with E-state index in [0.717, 1.165) is 17.8 Å². The normalized spacial score (nSPS) is 11.8. The monoisotopic (exact) mass is 314 g/mol. The number of nitrogens with one attached hydrogen (secondary N) is 2. The SMILES string of the molecule is Cc1ccc(Nc2cccc(C(=O)NC(C)CCCO)c2)nn1. The molecule has 6 nitrogen and oxygen atoms in total. The van der Waals surface area contributed by atoms with Gasteiger partial charge in [-0.25, -0.2) is 0 Å². The number of aromatic nitrogens is 2. The predicted molar refractivity (Wildman–Crippen MR) is 89.7 cm³/mol. The van der Waals surface area contributed by atoms with Crippen molar-refractivity contribution in [1.82, 2.24) is 15.5 Å². The Morgan fingerprint density at radius 1 is 1.26 bits per heavy atom. The molecule has 0 aliphatic rings. The molecule has 1 unspecified atom stereocenters. The number of carbonyl (C=O) groups is 1. The molecule has 0 bridgehead atoms. The molecule has 0 aliphatic heterocycles. The third-order valence-corrected chi connectivity index (χ3v) is 3.37. The molecule has 0 aliphatic carbocycles. The molecule has 1 amide bonds. The average molecular weight is 314 g/mol. The summed E-state index contributed by atoms with van der Waals surface area (Å²) in [6.45, 7) is 3.94. The maximum Gasteiger partial charge on any atom is 0.251 e. The fraction of sp³-hybridized carbons (Fsp3) is 0.353. The van der Waals surface area contributed by atoms with Gasteiger partial charge in [0.1, 0.15) is 0 Å². The summed E-state index contributed by atoms with van der Waals surface area (Å²) in [6.07, 6.45) is 1.42. The first kappa shape index (κ1) is 16.9. The van der Waals surface area contributed by atoms with Crippen LogP contribution in [0.5, 0.6) is 0 Å². The van der Waals surface area contributed by atoms with Gasteiger partial charge in [0, 0.05) is 23.9 Å². The van der Waals surface area contributed by atoms with E-state index in [1.54, 1.807) is 12.1 Å². The molecular formula is C17H22N4O2. The molecule has 3 N–H and O–H groups in total. The predicted octanol–water partition coefficient (Wildman–Crippen LogP) is 2.42. The van der Waals surface area contributed by atoms with Gasteiger partial charge in [0.25, 0.3) is 5.91 Å². The topological polar surface area (TPSA) is 87.1 Å². The first-order chi connectivity index (χ1) is 11.1. The summed E-state index contributed by atoms with van der Waals surface area (Å²) in [4.78, 5) is 12.2. The van der Waals surface area contributed by atoms with Crippen molar-refractivity contribution in [2.75, 3.05) is 11.9 Å². The standard InChI is InChI=1S/C17H22N4O2/c1-12(5-4-10-22)18-17(23)14-6-3-7-15(11-14)19-16-9-8-13(2)20-21-16/h3,6-9,11-12,22H,4-5,10H2,1-2H3,(H,18,23)(H,19,21). The summed E-state index contributed by atoms with van der Waals surface area (Å²) in [6, 6.07) is 11.0. The zero-order chi connectivity index (χ0) is 16.7. The summed E-state index contributed by atoms with van der Waals surface area (Å²) in [7, 11) is 0. The van der Waals surface area contributed by atoms with Crippen LogP contribution in [0.1, 0.15) is 35.8 Å². The molecule has 23 heavy (non-hydrogen) atoms. The lowest BCUT2D eigenvalue weighted by molar-refractivity contribution is 0.0936. The Balaban J connectivity index is 2.01. The minimum atomic E-state index is -0.130. The highest BCUT2D eigenvalue weighted by Gasteiger charge is 2.10. The lowest BCUT2D eigenvalue weighted by Gasteiger charge is -2.14. The smallest absolute Gasteiger partial charge is 0.251 e. The first-order valence-electron chi connectivity index (χ1n) is 7.67. The summed E-state index contributed by atoms with van der Waals surface area (Å²) < 4.78 is 0. The molecule has 0 spiro atoms. The van der Waals surface area contributed by atoms with Crippen LogP contribution in [0.15, 0.2) is 36.4 Å². The van der Waals surface area contributed by atoms with E-state index >= 15 is 0 Å². The van der Waals surface area contributed by atoms with Gasteiger partial charge in [-0.05, 0) is 57.0 Å². The van der Waals surface area contributed by atoms with Gasteiger partial charge in [-0.15, -0.1) is 5.10 Å². The number of anilines is 2. The number of aryl methyl sites for hydroxylation is 1. The molecule has 1 aromatic heterocycles. The zero-order valence-corrected chi connectivity index (χ0v) is 13.4. The molecule has 122 valence electrons. The molecule has 2 rings (SSSR count). The molecule has 6 heteroatoms. The van der Waals surface area contributed by atoms with Gasteiger partial charge in [-0.3, -0.25) is 4.79 Å². The number of amides is 1. The number of rotatable bonds is 7. The molecule has 0 radical (unpaired) electrons. The van der Waals surface area contributed by atoms with Crippen LogP contribution in [0.25, 0.3) is 0 Å². The van der Waals surface area contributed by atoms with Crippen LogP contribution < -0.4 is 10.6 Å². The lowest BCUT2D eigenvalue weighted by Crippen LogP contribution is -2.32. The van der Waals surface area contributed by atoms with Crippen LogP contribution in [-0.2, 0) is 0 Å². The van der Waals surface area contributed by atoms with Crippen molar-refractivity contribution in [3.8, 4) is 0 Å². The Bertz CT molecular complexity index is 643. The van der Waals surface area contributed by atoms with Gasteiger partial charge in [0.05, 0.1) is 5.69 Å². The minimum absolute atomic E-state index is 0.0224. The van der Waals surface area contributed by atoms with Crippen molar-refractivity contribution in [1.29, 1.82) is 0 Å².